The number of benzene rings is 1. The zero-order valence-corrected chi connectivity index (χ0v) is 12.2. The van der Waals surface area contributed by atoms with Crippen molar-refractivity contribution < 1.29 is 19.1 Å². The van der Waals surface area contributed by atoms with Crippen molar-refractivity contribution in [2.75, 3.05) is 7.11 Å². The number of nitrogens with one attached hydrogen (secondary N) is 2. The van der Waals surface area contributed by atoms with Crippen LogP contribution in [0.5, 0.6) is 5.75 Å². The summed E-state index contributed by atoms with van der Waals surface area (Å²) in [7, 11) is 1.60. The smallest absolute Gasteiger partial charge is 0.267 e. The molecule has 6 heteroatoms. The minimum absolute atomic E-state index is 0.0540. The Labute approximate surface area is 123 Å². The van der Waals surface area contributed by atoms with E-state index in [1.165, 1.54) is 0 Å². The van der Waals surface area contributed by atoms with Crippen molar-refractivity contribution in [1.29, 1.82) is 0 Å². The average molecular weight is 292 g/mol. The van der Waals surface area contributed by atoms with Crippen molar-refractivity contribution >= 4 is 11.8 Å². The van der Waals surface area contributed by atoms with Crippen LogP contribution in [0.3, 0.4) is 0 Å². The molecule has 1 fully saturated rings. The highest BCUT2D eigenvalue weighted by Crippen LogP contribution is 2.28. The molecule has 2 rings (SSSR count). The molecule has 114 valence electrons. The van der Waals surface area contributed by atoms with E-state index in [9.17, 15) is 9.59 Å². The van der Waals surface area contributed by atoms with Crippen molar-refractivity contribution in [2.45, 2.75) is 32.5 Å². The number of rotatable bonds is 6. The summed E-state index contributed by atoms with van der Waals surface area (Å²) in [6, 6.07) is 7.44. The van der Waals surface area contributed by atoms with E-state index in [4.69, 9.17) is 9.47 Å². The maximum absolute atomic E-state index is 11.8. The number of carbonyl (C=O) groups excluding carboxylic acids is 2. The van der Waals surface area contributed by atoms with Gasteiger partial charge < -0.3 is 9.47 Å². The van der Waals surface area contributed by atoms with E-state index in [-0.39, 0.29) is 17.7 Å². The first-order valence-corrected chi connectivity index (χ1v) is 6.94. The topological polar surface area (TPSA) is 76.7 Å². The van der Waals surface area contributed by atoms with Crippen LogP contribution in [0.15, 0.2) is 24.3 Å². The first kappa shape index (κ1) is 15.3. The van der Waals surface area contributed by atoms with Crippen molar-refractivity contribution in [3.63, 3.8) is 0 Å². The summed E-state index contributed by atoms with van der Waals surface area (Å²) in [4.78, 5) is 23.2. The Morgan fingerprint density at radius 1 is 1.33 bits per heavy atom. The zero-order chi connectivity index (χ0) is 15.2. The van der Waals surface area contributed by atoms with E-state index in [1.807, 2.05) is 24.3 Å². The van der Waals surface area contributed by atoms with Crippen LogP contribution >= 0.6 is 0 Å². The molecular weight excluding hydrogens is 272 g/mol. The van der Waals surface area contributed by atoms with Gasteiger partial charge in [-0.3, -0.25) is 20.4 Å². The standard InChI is InChI=1S/C15H20N2O4/c1-10(14(18)16-17-15(19)12-6-7-12)21-9-11-4-3-5-13(8-11)20-2/h3-5,8,10,12H,6-7,9H2,1-2H3,(H,16,18)(H,17,19). The number of carbonyl (C=O) groups is 2. The molecule has 1 aromatic rings. The highest BCUT2D eigenvalue weighted by molar-refractivity contribution is 5.86. The Morgan fingerprint density at radius 3 is 2.76 bits per heavy atom. The molecule has 0 saturated heterocycles. The summed E-state index contributed by atoms with van der Waals surface area (Å²) in [5.74, 6) is 0.290. The second kappa shape index (κ2) is 7.08. The van der Waals surface area contributed by atoms with Crippen LogP contribution in [-0.4, -0.2) is 25.0 Å². The van der Waals surface area contributed by atoms with Crippen LogP contribution in [0.2, 0.25) is 0 Å². The largest absolute Gasteiger partial charge is 0.497 e. The minimum Gasteiger partial charge on any atom is -0.497 e. The van der Waals surface area contributed by atoms with Gasteiger partial charge >= 0.3 is 0 Å². The molecule has 1 unspecified atom stereocenters. The maximum atomic E-state index is 11.8. The Bertz CT molecular complexity index is 514. The Balaban J connectivity index is 1.73. The lowest BCUT2D eigenvalue weighted by atomic mass is 10.2. The van der Waals surface area contributed by atoms with E-state index in [0.717, 1.165) is 24.2 Å². The monoisotopic (exact) mass is 292 g/mol. The minimum atomic E-state index is -0.657. The number of hydrogen-bond acceptors (Lipinski definition) is 4. The van der Waals surface area contributed by atoms with Crippen LogP contribution in [0.1, 0.15) is 25.3 Å². The fraction of sp³-hybridized carbons (Fsp3) is 0.467. The lowest BCUT2D eigenvalue weighted by Gasteiger charge is -2.14. The first-order valence-electron chi connectivity index (χ1n) is 6.94. The van der Waals surface area contributed by atoms with Gasteiger partial charge in [-0.2, -0.15) is 0 Å². The summed E-state index contributed by atoms with van der Waals surface area (Å²) < 4.78 is 10.6. The molecule has 0 aliphatic heterocycles. The van der Waals surface area contributed by atoms with Gasteiger partial charge in [0.25, 0.3) is 5.91 Å². The van der Waals surface area contributed by atoms with Crippen LogP contribution < -0.4 is 15.6 Å². The first-order chi connectivity index (χ1) is 10.1. The van der Waals surface area contributed by atoms with Crippen molar-refractivity contribution in [2.24, 2.45) is 5.92 Å². The summed E-state index contributed by atoms with van der Waals surface area (Å²) in [5.41, 5.74) is 5.69. The number of ether oxygens (including phenoxy) is 2. The molecule has 2 N–H and O–H groups in total. The van der Waals surface area contributed by atoms with E-state index < -0.39 is 6.10 Å². The summed E-state index contributed by atoms with van der Waals surface area (Å²) in [6.07, 6.45) is 1.13. The molecule has 1 atom stereocenters. The van der Waals surface area contributed by atoms with Gasteiger partial charge in [0.2, 0.25) is 5.91 Å². The van der Waals surface area contributed by atoms with Crippen LogP contribution in [-0.2, 0) is 20.9 Å². The zero-order valence-electron chi connectivity index (χ0n) is 12.2. The van der Waals surface area contributed by atoms with Crippen molar-refractivity contribution in [3.05, 3.63) is 29.8 Å². The van der Waals surface area contributed by atoms with E-state index >= 15 is 0 Å². The molecular formula is C15H20N2O4. The molecule has 0 aromatic heterocycles. The molecule has 0 spiro atoms. The van der Waals surface area contributed by atoms with E-state index in [0.29, 0.717) is 6.61 Å². The number of hydrogen-bond donors (Lipinski definition) is 2. The Morgan fingerprint density at radius 2 is 2.10 bits per heavy atom. The van der Waals surface area contributed by atoms with Gasteiger partial charge in [-0.25, -0.2) is 0 Å². The van der Waals surface area contributed by atoms with Gasteiger partial charge in [0.1, 0.15) is 11.9 Å². The summed E-state index contributed by atoms with van der Waals surface area (Å²) >= 11 is 0. The van der Waals surface area contributed by atoms with E-state index in [1.54, 1.807) is 14.0 Å². The van der Waals surface area contributed by atoms with E-state index in [2.05, 4.69) is 10.9 Å². The summed E-state index contributed by atoms with van der Waals surface area (Å²) in [6.45, 7) is 1.93. The fourth-order valence-electron chi connectivity index (χ4n) is 1.73. The van der Waals surface area contributed by atoms with Crippen LogP contribution in [0.4, 0.5) is 0 Å². The third-order valence-electron chi connectivity index (χ3n) is 3.26. The molecule has 0 heterocycles. The van der Waals surface area contributed by atoms with Gasteiger partial charge in [0, 0.05) is 5.92 Å². The normalized spacial score (nSPS) is 15.1. The summed E-state index contributed by atoms with van der Waals surface area (Å²) in [5, 5.41) is 0. The highest BCUT2D eigenvalue weighted by atomic mass is 16.5. The second-order valence-corrected chi connectivity index (χ2v) is 5.06. The highest BCUT2D eigenvalue weighted by Gasteiger charge is 2.30. The van der Waals surface area contributed by atoms with Crippen LogP contribution in [0.25, 0.3) is 0 Å². The third-order valence-corrected chi connectivity index (χ3v) is 3.26. The lowest BCUT2D eigenvalue weighted by Crippen LogP contribution is -2.46. The maximum Gasteiger partial charge on any atom is 0.267 e. The molecule has 1 saturated carbocycles. The molecule has 1 aliphatic carbocycles. The van der Waals surface area contributed by atoms with Gasteiger partial charge in [-0.05, 0) is 37.5 Å². The lowest BCUT2D eigenvalue weighted by molar-refractivity contribution is -0.137. The predicted molar refractivity (Wildman–Crippen MR) is 76.3 cm³/mol. The van der Waals surface area contributed by atoms with Gasteiger partial charge in [-0.1, -0.05) is 12.1 Å². The molecule has 1 aliphatic rings. The molecule has 0 radical (unpaired) electrons. The number of hydrazine groups is 1. The SMILES string of the molecule is COc1cccc(COC(C)C(=O)NNC(=O)C2CC2)c1. The van der Waals surface area contributed by atoms with Gasteiger partial charge in [0.15, 0.2) is 0 Å². The number of amides is 2. The van der Waals surface area contributed by atoms with Gasteiger partial charge in [-0.15, -0.1) is 0 Å². The Hall–Kier alpha value is -2.08. The molecule has 21 heavy (non-hydrogen) atoms. The predicted octanol–water partition coefficient (Wildman–Crippen LogP) is 1.16. The Kier molecular flexibility index (Phi) is 5.16. The molecule has 1 aromatic carbocycles. The molecule has 0 bridgehead atoms. The van der Waals surface area contributed by atoms with Crippen LogP contribution in [0, 0.1) is 5.92 Å². The fourth-order valence-corrected chi connectivity index (χ4v) is 1.73. The number of methoxy groups -OCH3 is 1. The van der Waals surface area contributed by atoms with Crippen molar-refractivity contribution in [1.82, 2.24) is 10.9 Å². The van der Waals surface area contributed by atoms with Gasteiger partial charge in [0.05, 0.1) is 13.7 Å². The second-order valence-electron chi connectivity index (χ2n) is 5.06. The molecule has 2 amide bonds. The average Bonchev–Trinajstić information content (AvgIpc) is 3.34. The quantitative estimate of drug-likeness (QED) is 0.771. The molecule has 6 nitrogen and oxygen atoms in total. The third kappa shape index (κ3) is 4.75. The van der Waals surface area contributed by atoms with Crippen molar-refractivity contribution in [3.8, 4) is 5.75 Å².